The van der Waals surface area contributed by atoms with E-state index < -0.39 is 5.97 Å². The molecule has 0 atom stereocenters. The molecule has 0 fully saturated rings. The van der Waals surface area contributed by atoms with Gasteiger partial charge < -0.3 is 15.8 Å². The summed E-state index contributed by atoms with van der Waals surface area (Å²) >= 11 is 2.76. The molecule has 8 heteroatoms. The molecule has 6 rings (SSSR count). The zero-order valence-electron chi connectivity index (χ0n) is 19.4. The quantitative estimate of drug-likeness (QED) is 0.264. The number of rotatable bonds is 3. The molecule has 35 heavy (non-hydrogen) atoms. The van der Waals surface area contributed by atoms with E-state index in [0.717, 1.165) is 70.4 Å². The summed E-state index contributed by atoms with van der Waals surface area (Å²) in [5.41, 5.74) is 12.8. The highest BCUT2D eigenvalue weighted by Gasteiger charge is 2.31. The first-order valence-corrected chi connectivity index (χ1v) is 13.5. The maximum absolute atomic E-state index is 13.4. The molecule has 0 aliphatic heterocycles. The Morgan fingerprint density at radius 1 is 1.03 bits per heavy atom. The van der Waals surface area contributed by atoms with Gasteiger partial charge in [0.25, 0.3) is 5.91 Å². The molecule has 0 bridgehead atoms. The smallest absolute Gasteiger partial charge is 0.341 e. The van der Waals surface area contributed by atoms with Gasteiger partial charge in [-0.3, -0.25) is 4.79 Å². The van der Waals surface area contributed by atoms with Crippen molar-refractivity contribution in [3.63, 3.8) is 0 Å². The number of amides is 1. The Morgan fingerprint density at radius 2 is 1.86 bits per heavy atom. The Kier molecular flexibility index (Phi) is 5.57. The molecule has 6 nitrogen and oxygen atoms in total. The standard InChI is InChI=1S/C27H25N3O3S2/c1-33-27(32)21-20-16-9-6-5-7-14(16)11-12-19(20)34-26(21)30-24(31)23-22(28)17-13-15-8-3-2-4-10-18(15)29-25(17)35-23/h5-7,9,13H,2-4,8,10-12,28H2,1H3,(H,30,31). The Bertz CT molecular complexity index is 1500. The number of hydrogen-bond donors (Lipinski definition) is 2. The van der Waals surface area contributed by atoms with Crippen molar-refractivity contribution in [2.24, 2.45) is 0 Å². The summed E-state index contributed by atoms with van der Waals surface area (Å²) in [7, 11) is 1.37. The fraction of sp³-hybridized carbons (Fsp3) is 0.296. The van der Waals surface area contributed by atoms with E-state index in [1.54, 1.807) is 0 Å². The van der Waals surface area contributed by atoms with E-state index in [4.69, 9.17) is 15.5 Å². The molecule has 1 aromatic carbocycles. The van der Waals surface area contributed by atoms with Crippen molar-refractivity contribution >= 4 is 55.5 Å². The predicted octanol–water partition coefficient (Wildman–Crippen LogP) is 6.01. The SMILES string of the molecule is COC(=O)c1c(NC(=O)c2sc3nc4c(cc3c2N)CCCCC4)sc2c1-c1ccccc1CC2. The molecule has 4 aromatic rings. The molecule has 2 aliphatic carbocycles. The van der Waals surface area contributed by atoms with Crippen molar-refractivity contribution in [1.29, 1.82) is 0 Å². The van der Waals surface area contributed by atoms with E-state index in [1.807, 2.05) is 18.2 Å². The first kappa shape index (κ1) is 22.2. The van der Waals surface area contributed by atoms with Gasteiger partial charge in [-0.2, -0.15) is 0 Å². The number of nitrogen functional groups attached to an aromatic ring is 1. The second-order valence-corrected chi connectivity index (χ2v) is 11.2. The Balaban J connectivity index is 1.40. The van der Waals surface area contributed by atoms with Crippen molar-refractivity contribution in [1.82, 2.24) is 4.98 Å². The van der Waals surface area contributed by atoms with Crippen LogP contribution >= 0.6 is 22.7 Å². The number of anilines is 2. The third kappa shape index (κ3) is 3.72. The predicted molar refractivity (Wildman–Crippen MR) is 142 cm³/mol. The van der Waals surface area contributed by atoms with Gasteiger partial charge in [-0.15, -0.1) is 22.7 Å². The van der Waals surface area contributed by atoms with E-state index in [1.165, 1.54) is 47.3 Å². The van der Waals surface area contributed by atoms with Crippen LogP contribution < -0.4 is 11.1 Å². The highest BCUT2D eigenvalue weighted by Crippen LogP contribution is 2.46. The van der Waals surface area contributed by atoms with Crippen LogP contribution in [-0.4, -0.2) is 24.0 Å². The number of nitrogens with one attached hydrogen (secondary N) is 1. The minimum absolute atomic E-state index is 0.322. The topological polar surface area (TPSA) is 94.3 Å². The van der Waals surface area contributed by atoms with Gasteiger partial charge in [0.2, 0.25) is 0 Å². The van der Waals surface area contributed by atoms with Crippen LogP contribution in [-0.2, 0) is 30.4 Å². The van der Waals surface area contributed by atoms with Gasteiger partial charge >= 0.3 is 5.97 Å². The van der Waals surface area contributed by atoms with Crippen LogP contribution in [0.5, 0.6) is 0 Å². The van der Waals surface area contributed by atoms with Crippen molar-refractivity contribution in [3.05, 3.63) is 62.5 Å². The maximum atomic E-state index is 13.4. The molecule has 178 valence electrons. The van der Waals surface area contributed by atoms with Crippen LogP contribution in [0.1, 0.15) is 61.0 Å². The number of hydrogen-bond acceptors (Lipinski definition) is 7. The lowest BCUT2D eigenvalue weighted by atomic mass is 9.88. The molecular weight excluding hydrogens is 478 g/mol. The summed E-state index contributed by atoms with van der Waals surface area (Å²) in [6.45, 7) is 0. The fourth-order valence-electron chi connectivity index (χ4n) is 5.22. The van der Waals surface area contributed by atoms with E-state index in [2.05, 4.69) is 17.4 Å². The number of nitrogens with zero attached hydrogens (tertiary/aromatic N) is 1. The summed E-state index contributed by atoms with van der Waals surface area (Å²) in [6, 6.07) is 10.2. The van der Waals surface area contributed by atoms with Gasteiger partial charge in [-0.1, -0.05) is 30.7 Å². The molecule has 2 aliphatic rings. The fourth-order valence-corrected chi connectivity index (χ4v) is 7.41. The number of aryl methyl sites for hydroxylation is 4. The number of ether oxygens (including phenoxy) is 1. The van der Waals surface area contributed by atoms with Crippen molar-refractivity contribution in [2.45, 2.75) is 44.9 Å². The Morgan fingerprint density at radius 3 is 2.71 bits per heavy atom. The largest absolute Gasteiger partial charge is 0.465 e. The lowest BCUT2D eigenvalue weighted by Gasteiger charge is -2.17. The summed E-state index contributed by atoms with van der Waals surface area (Å²) in [6.07, 6.45) is 7.19. The molecule has 0 spiro atoms. The zero-order valence-corrected chi connectivity index (χ0v) is 21.0. The number of fused-ring (bicyclic) bond motifs is 5. The monoisotopic (exact) mass is 503 g/mol. The summed E-state index contributed by atoms with van der Waals surface area (Å²) in [5, 5.41) is 4.34. The minimum atomic E-state index is -0.454. The molecule has 0 unspecified atom stereocenters. The maximum Gasteiger partial charge on any atom is 0.341 e. The van der Waals surface area contributed by atoms with Crippen molar-refractivity contribution < 1.29 is 14.3 Å². The number of esters is 1. The lowest BCUT2D eigenvalue weighted by molar-refractivity contribution is 0.0603. The number of benzene rings is 1. The van der Waals surface area contributed by atoms with Crippen molar-refractivity contribution in [2.75, 3.05) is 18.2 Å². The lowest BCUT2D eigenvalue weighted by Crippen LogP contribution is -2.14. The van der Waals surface area contributed by atoms with Crippen molar-refractivity contribution in [3.8, 4) is 11.1 Å². The average molecular weight is 504 g/mol. The number of carbonyl (C=O) groups is 2. The molecule has 3 N–H and O–H groups in total. The molecular formula is C27H25N3O3S2. The summed E-state index contributed by atoms with van der Waals surface area (Å²) in [5.74, 6) is -0.776. The number of carbonyl (C=O) groups excluding carboxylic acids is 2. The molecule has 0 radical (unpaired) electrons. The number of methoxy groups -OCH3 is 1. The second-order valence-electron chi connectivity index (χ2n) is 9.06. The van der Waals surface area contributed by atoms with E-state index in [0.29, 0.717) is 21.1 Å². The number of aromatic nitrogens is 1. The number of pyridine rings is 1. The molecule has 3 aromatic heterocycles. The van der Waals surface area contributed by atoms with Crippen LogP contribution in [0.15, 0.2) is 30.3 Å². The van der Waals surface area contributed by atoms with Crippen LogP contribution in [0, 0.1) is 0 Å². The molecule has 0 saturated carbocycles. The third-order valence-corrected chi connectivity index (χ3v) is 9.24. The van der Waals surface area contributed by atoms with Crippen LogP contribution in [0.4, 0.5) is 10.7 Å². The normalized spacial score (nSPS) is 14.5. The van der Waals surface area contributed by atoms with Gasteiger partial charge in [-0.05, 0) is 61.3 Å². The summed E-state index contributed by atoms with van der Waals surface area (Å²) < 4.78 is 5.13. The van der Waals surface area contributed by atoms with E-state index in [-0.39, 0.29) is 5.91 Å². The van der Waals surface area contributed by atoms with E-state index >= 15 is 0 Å². The second kappa shape index (κ2) is 8.77. The highest BCUT2D eigenvalue weighted by molar-refractivity contribution is 7.21. The van der Waals surface area contributed by atoms with Crippen LogP contribution in [0.25, 0.3) is 21.3 Å². The average Bonchev–Trinajstić information content (AvgIpc) is 3.29. The molecule has 0 saturated heterocycles. The first-order chi connectivity index (χ1) is 17.0. The van der Waals surface area contributed by atoms with E-state index in [9.17, 15) is 9.59 Å². The first-order valence-electron chi connectivity index (χ1n) is 11.9. The number of nitrogens with two attached hydrogens (primary N) is 1. The molecule has 1 amide bonds. The summed E-state index contributed by atoms with van der Waals surface area (Å²) in [4.78, 5) is 33.5. The van der Waals surface area contributed by atoms with Gasteiger partial charge in [0.1, 0.15) is 20.3 Å². The van der Waals surface area contributed by atoms with Gasteiger partial charge in [0.15, 0.2) is 0 Å². The van der Waals surface area contributed by atoms with Gasteiger partial charge in [0, 0.05) is 21.5 Å². The van der Waals surface area contributed by atoms with Gasteiger partial charge in [0.05, 0.1) is 12.8 Å². The van der Waals surface area contributed by atoms with Crippen LogP contribution in [0.2, 0.25) is 0 Å². The third-order valence-electron chi connectivity index (χ3n) is 6.96. The Hall–Kier alpha value is -3.23. The van der Waals surface area contributed by atoms with Crippen LogP contribution in [0.3, 0.4) is 0 Å². The highest BCUT2D eigenvalue weighted by atomic mass is 32.1. The zero-order chi connectivity index (χ0) is 24.1. The number of thiophene rings is 2. The van der Waals surface area contributed by atoms with Gasteiger partial charge in [-0.25, -0.2) is 9.78 Å². The molecule has 3 heterocycles. The Labute approximate surface area is 211 Å². The minimum Gasteiger partial charge on any atom is -0.465 e.